The smallest absolute Gasteiger partial charge is 0.123 e. The Bertz CT molecular complexity index is 431. The second-order valence-corrected chi connectivity index (χ2v) is 4.72. The molecule has 0 spiro atoms. The van der Waals surface area contributed by atoms with Gasteiger partial charge in [-0.2, -0.15) is 5.26 Å². The van der Waals surface area contributed by atoms with Gasteiger partial charge >= 0.3 is 0 Å². The van der Waals surface area contributed by atoms with Crippen LogP contribution >= 0.6 is 0 Å². The summed E-state index contributed by atoms with van der Waals surface area (Å²) in [6, 6.07) is 7.68. The minimum Gasteiger partial charge on any atom is -0.493 e. The summed E-state index contributed by atoms with van der Waals surface area (Å²) in [7, 11) is 0. The lowest BCUT2D eigenvalue weighted by atomic mass is 10.1. The normalized spacial score (nSPS) is 18.6. The molecule has 1 fully saturated rings. The molecule has 3 nitrogen and oxygen atoms in total. The summed E-state index contributed by atoms with van der Waals surface area (Å²) in [5, 5.41) is 8.85. The van der Waals surface area contributed by atoms with Gasteiger partial charge in [-0.3, -0.25) is 0 Å². The summed E-state index contributed by atoms with van der Waals surface area (Å²) in [5.74, 6) is 0.821. The van der Waals surface area contributed by atoms with E-state index in [1.54, 1.807) is 6.07 Å². The van der Waals surface area contributed by atoms with Crippen molar-refractivity contribution in [1.29, 1.82) is 5.26 Å². The minimum absolute atomic E-state index is 0.431. The van der Waals surface area contributed by atoms with Gasteiger partial charge in [0.05, 0.1) is 24.3 Å². The molecule has 1 aromatic carbocycles. The Morgan fingerprint density at radius 3 is 3.11 bits per heavy atom. The van der Waals surface area contributed by atoms with E-state index >= 15 is 0 Å². The van der Waals surface area contributed by atoms with E-state index in [0.29, 0.717) is 18.3 Å². The van der Waals surface area contributed by atoms with Gasteiger partial charge in [-0.05, 0) is 50.3 Å². The number of nitriles is 1. The third-order valence-electron chi connectivity index (χ3n) is 3.27. The molecule has 1 aromatic rings. The van der Waals surface area contributed by atoms with E-state index in [9.17, 15) is 0 Å². The molecular weight excluding hydrogens is 226 g/mol. The van der Waals surface area contributed by atoms with Crippen molar-refractivity contribution in [1.82, 2.24) is 0 Å². The van der Waals surface area contributed by atoms with Gasteiger partial charge in [-0.15, -0.1) is 0 Å². The molecule has 1 aliphatic rings. The van der Waals surface area contributed by atoms with Gasteiger partial charge < -0.3 is 9.47 Å². The van der Waals surface area contributed by atoms with Crippen LogP contribution in [0.15, 0.2) is 18.2 Å². The Morgan fingerprint density at radius 2 is 2.39 bits per heavy atom. The molecule has 1 saturated heterocycles. The number of ether oxygens (including phenoxy) is 2. The maximum absolute atomic E-state index is 8.85. The van der Waals surface area contributed by atoms with Crippen LogP contribution in [-0.2, 0) is 4.74 Å². The second-order valence-electron chi connectivity index (χ2n) is 4.72. The monoisotopic (exact) mass is 245 g/mol. The van der Waals surface area contributed by atoms with Crippen molar-refractivity contribution >= 4 is 0 Å². The zero-order valence-electron chi connectivity index (χ0n) is 10.8. The summed E-state index contributed by atoms with van der Waals surface area (Å²) >= 11 is 0. The number of hydrogen-bond donors (Lipinski definition) is 0. The quantitative estimate of drug-likeness (QED) is 0.748. The Morgan fingerprint density at radius 1 is 1.50 bits per heavy atom. The fourth-order valence-electron chi connectivity index (χ4n) is 2.19. The van der Waals surface area contributed by atoms with Crippen LogP contribution in [0, 0.1) is 18.3 Å². The van der Waals surface area contributed by atoms with Gasteiger partial charge in [0.1, 0.15) is 5.75 Å². The lowest BCUT2D eigenvalue weighted by Crippen LogP contribution is -2.08. The number of benzene rings is 1. The first kappa shape index (κ1) is 12.9. The zero-order valence-corrected chi connectivity index (χ0v) is 10.8. The van der Waals surface area contributed by atoms with Crippen molar-refractivity contribution in [3.63, 3.8) is 0 Å². The van der Waals surface area contributed by atoms with E-state index in [4.69, 9.17) is 14.7 Å². The number of hydrogen-bond acceptors (Lipinski definition) is 3. The van der Waals surface area contributed by atoms with Gasteiger partial charge in [0, 0.05) is 6.61 Å². The summed E-state index contributed by atoms with van der Waals surface area (Å²) in [4.78, 5) is 0. The van der Waals surface area contributed by atoms with Crippen molar-refractivity contribution in [2.75, 3.05) is 13.2 Å². The first-order chi connectivity index (χ1) is 8.79. The summed E-state index contributed by atoms with van der Waals surface area (Å²) in [6.45, 7) is 3.60. The molecule has 0 aromatic heterocycles. The molecule has 0 amide bonds. The SMILES string of the molecule is Cc1ccc(C#N)cc1OCCCC1CCCO1. The maximum Gasteiger partial charge on any atom is 0.123 e. The molecule has 96 valence electrons. The Labute approximate surface area is 108 Å². The molecule has 18 heavy (non-hydrogen) atoms. The Hall–Kier alpha value is -1.53. The van der Waals surface area contributed by atoms with Crippen LogP contribution in [0.2, 0.25) is 0 Å². The van der Waals surface area contributed by atoms with Gasteiger partial charge in [0.25, 0.3) is 0 Å². The number of aryl methyl sites for hydroxylation is 1. The van der Waals surface area contributed by atoms with Crippen molar-refractivity contribution in [3.05, 3.63) is 29.3 Å². The average Bonchev–Trinajstić information content (AvgIpc) is 2.89. The van der Waals surface area contributed by atoms with Crippen molar-refractivity contribution < 1.29 is 9.47 Å². The largest absolute Gasteiger partial charge is 0.493 e. The number of rotatable bonds is 5. The molecule has 1 atom stereocenters. The van der Waals surface area contributed by atoms with Crippen LogP contribution in [0.4, 0.5) is 0 Å². The second kappa shape index (κ2) is 6.42. The summed E-state index contributed by atoms with van der Waals surface area (Å²) in [6.07, 6.45) is 4.87. The maximum atomic E-state index is 8.85. The molecular formula is C15H19NO2. The molecule has 1 heterocycles. The van der Waals surface area contributed by atoms with Crippen molar-refractivity contribution in [2.45, 2.75) is 38.7 Å². The lowest BCUT2D eigenvalue weighted by Gasteiger charge is -2.11. The molecule has 3 heteroatoms. The van der Waals surface area contributed by atoms with E-state index in [1.807, 2.05) is 19.1 Å². The van der Waals surface area contributed by atoms with Crippen LogP contribution in [0.1, 0.15) is 36.8 Å². The third-order valence-corrected chi connectivity index (χ3v) is 3.27. The molecule has 0 saturated carbocycles. The van der Waals surface area contributed by atoms with E-state index in [-0.39, 0.29) is 0 Å². The molecule has 0 radical (unpaired) electrons. The zero-order chi connectivity index (χ0) is 12.8. The highest BCUT2D eigenvalue weighted by molar-refractivity contribution is 5.41. The topological polar surface area (TPSA) is 42.2 Å². The third kappa shape index (κ3) is 3.48. The van der Waals surface area contributed by atoms with Gasteiger partial charge in [-0.1, -0.05) is 6.07 Å². The van der Waals surface area contributed by atoms with Crippen LogP contribution in [0.25, 0.3) is 0 Å². The first-order valence-corrected chi connectivity index (χ1v) is 6.55. The Balaban J connectivity index is 1.77. The fraction of sp³-hybridized carbons (Fsp3) is 0.533. The van der Waals surface area contributed by atoms with E-state index in [2.05, 4.69) is 6.07 Å². The molecule has 1 unspecified atom stereocenters. The van der Waals surface area contributed by atoms with E-state index in [0.717, 1.165) is 30.8 Å². The molecule has 1 aliphatic heterocycles. The van der Waals surface area contributed by atoms with Crippen LogP contribution < -0.4 is 4.74 Å². The highest BCUT2D eigenvalue weighted by Gasteiger charge is 2.14. The van der Waals surface area contributed by atoms with Gasteiger partial charge in [0.15, 0.2) is 0 Å². The highest BCUT2D eigenvalue weighted by atomic mass is 16.5. The summed E-state index contributed by atoms with van der Waals surface area (Å²) < 4.78 is 11.3. The predicted octanol–water partition coefficient (Wildman–Crippen LogP) is 3.20. The number of nitrogens with zero attached hydrogens (tertiary/aromatic N) is 1. The minimum atomic E-state index is 0.431. The van der Waals surface area contributed by atoms with Crippen molar-refractivity contribution in [3.8, 4) is 11.8 Å². The van der Waals surface area contributed by atoms with E-state index < -0.39 is 0 Å². The molecule has 0 N–H and O–H groups in total. The highest BCUT2D eigenvalue weighted by Crippen LogP contribution is 2.21. The van der Waals surface area contributed by atoms with Crippen LogP contribution in [0.5, 0.6) is 5.75 Å². The van der Waals surface area contributed by atoms with E-state index in [1.165, 1.54) is 12.8 Å². The van der Waals surface area contributed by atoms with Crippen LogP contribution in [0.3, 0.4) is 0 Å². The predicted molar refractivity (Wildman–Crippen MR) is 69.6 cm³/mol. The summed E-state index contributed by atoms with van der Waals surface area (Å²) in [5.41, 5.74) is 1.72. The standard InChI is InChI=1S/C15H19NO2/c1-12-6-7-13(11-16)10-15(12)18-9-3-5-14-4-2-8-17-14/h6-7,10,14H,2-5,8-9H2,1H3. The van der Waals surface area contributed by atoms with Gasteiger partial charge in [0.2, 0.25) is 0 Å². The van der Waals surface area contributed by atoms with Crippen molar-refractivity contribution in [2.24, 2.45) is 0 Å². The molecule has 0 aliphatic carbocycles. The van der Waals surface area contributed by atoms with Crippen LogP contribution in [-0.4, -0.2) is 19.3 Å². The first-order valence-electron chi connectivity index (χ1n) is 6.55. The molecule has 0 bridgehead atoms. The average molecular weight is 245 g/mol. The fourth-order valence-corrected chi connectivity index (χ4v) is 2.19. The lowest BCUT2D eigenvalue weighted by molar-refractivity contribution is 0.0981. The Kier molecular flexibility index (Phi) is 4.60. The van der Waals surface area contributed by atoms with Gasteiger partial charge in [-0.25, -0.2) is 0 Å². The molecule has 2 rings (SSSR count).